The summed E-state index contributed by atoms with van der Waals surface area (Å²) in [5.41, 5.74) is 3.83. The summed E-state index contributed by atoms with van der Waals surface area (Å²) >= 11 is 17.3. The lowest BCUT2D eigenvalue weighted by Gasteiger charge is -2.42. The molecular formula is C26H42Cl3N3O3Si. The molecule has 6 nitrogen and oxygen atoms in total. The largest absolute Gasteiger partial charge is 0.543 e. The number of aryl methyl sites for hydroxylation is 1. The van der Waals surface area contributed by atoms with Crippen LogP contribution in [0.2, 0.25) is 16.6 Å². The number of aliphatic hydroxyl groups is 1. The fourth-order valence-electron chi connectivity index (χ4n) is 4.86. The van der Waals surface area contributed by atoms with Gasteiger partial charge in [0.25, 0.3) is 8.32 Å². The molecule has 2 N–H and O–H groups in total. The molecule has 0 amide bonds. The van der Waals surface area contributed by atoms with Crippen molar-refractivity contribution in [1.82, 2.24) is 9.78 Å². The van der Waals surface area contributed by atoms with E-state index in [0.29, 0.717) is 22.4 Å². The highest BCUT2D eigenvalue weighted by molar-refractivity contribution is 6.78. The second-order valence-corrected chi connectivity index (χ2v) is 19.3. The van der Waals surface area contributed by atoms with Gasteiger partial charge in [0, 0.05) is 17.5 Å². The lowest BCUT2D eigenvalue weighted by atomic mass is 9.92. The standard InChI is InChI=1S/C26H42Cl3N3O3Si/c1-16(2)36(17(3)4,18(5)6)35-21-12-19(7)11-20(13-21)32-23(14-22(31-32)25(8,9)10)30-24(33)34-15-26(27,28)29/h11-14,16-18,24,30,33H,15H2,1-10H3. The first-order valence-corrected chi connectivity index (χ1v) is 15.7. The molecule has 2 rings (SSSR count). The van der Waals surface area contributed by atoms with E-state index in [1.807, 2.05) is 25.1 Å². The van der Waals surface area contributed by atoms with E-state index in [4.69, 9.17) is 49.1 Å². The fraction of sp³-hybridized carbons (Fsp3) is 0.654. The molecule has 0 fully saturated rings. The number of hydrogen-bond acceptors (Lipinski definition) is 5. The van der Waals surface area contributed by atoms with Crippen LogP contribution in [0.1, 0.15) is 73.6 Å². The maximum Gasteiger partial charge on any atom is 0.258 e. The smallest absolute Gasteiger partial charge is 0.258 e. The van der Waals surface area contributed by atoms with Crippen molar-refractivity contribution in [2.24, 2.45) is 0 Å². The van der Waals surface area contributed by atoms with E-state index in [-0.39, 0.29) is 12.0 Å². The lowest BCUT2D eigenvalue weighted by molar-refractivity contribution is -0.0766. The minimum atomic E-state index is -2.15. The molecule has 0 bridgehead atoms. The van der Waals surface area contributed by atoms with Gasteiger partial charge in [-0.3, -0.25) is 0 Å². The number of ether oxygens (including phenoxy) is 1. The van der Waals surface area contributed by atoms with Gasteiger partial charge in [-0.15, -0.1) is 0 Å². The third-order valence-electron chi connectivity index (χ3n) is 6.44. The van der Waals surface area contributed by atoms with E-state index >= 15 is 0 Å². The van der Waals surface area contributed by atoms with Crippen LogP contribution in [0.5, 0.6) is 5.75 Å². The zero-order valence-electron chi connectivity index (χ0n) is 23.1. The van der Waals surface area contributed by atoms with Crippen LogP contribution < -0.4 is 9.74 Å². The van der Waals surface area contributed by atoms with Gasteiger partial charge in [0.05, 0.1) is 18.0 Å². The van der Waals surface area contributed by atoms with Crippen LogP contribution in [0.3, 0.4) is 0 Å². The van der Waals surface area contributed by atoms with Crippen molar-refractivity contribution in [2.75, 3.05) is 11.9 Å². The van der Waals surface area contributed by atoms with E-state index in [0.717, 1.165) is 22.7 Å². The van der Waals surface area contributed by atoms with E-state index in [1.54, 1.807) is 4.68 Å². The highest BCUT2D eigenvalue weighted by Gasteiger charge is 2.47. The minimum Gasteiger partial charge on any atom is -0.543 e. The van der Waals surface area contributed by atoms with Crippen molar-refractivity contribution in [3.63, 3.8) is 0 Å². The number of rotatable bonds is 10. The number of halogens is 3. The van der Waals surface area contributed by atoms with E-state index in [2.05, 4.69) is 73.7 Å². The van der Waals surface area contributed by atoms with Crippen LogP contribution in [0.15, 0.2) is 24.3 Å². The molecule has 0 aliphatic rings. The summed E-state index contributed by atoms with van der Waals surface area (Å²) in [6.45, 7) is 21.6. The zero-order valence-corrected chi connectivity index (χ0v) is 26.4. The first-order valence-electron chi connectivity index (χ1n) is 12.4. The van der Waals surface area contributed by atoms with Gasteiger partial charge >= 0.3 is 0 Å². The molecule has 2 aromatic rings. The SMILES string of the molecule is Cc1cc(O[Si](C(C)C)(C(C)C)C(C)C)cc(-n2nc(C(C)(C)C)cc2NC(O)OCC(Cl)(Cl)Cl)c1. The Morgan fingerprint density at radius 1 is 0.972 bits per heavy atom. The third-order valence-corrected chi connectivity index (χ3v) is 12.8. The number of aliphatic hydroxyl groups excluding tert-OH is 1. The first kappa shape index (κ1) is 31.3. The normalized spacial score (nSPS) is 14.1. The predicted molar refractivity (Wildman–Crippen MR) is 155 cm³/mol. The Labute approximate surface area is 232 Å². The Hall–Kier alpha value is -0.963. The van der Waals surface area contributed by atoms with E-state index < -0.39 is 18.5 Å². The van der Waals surface area contributed by atoms with Gasteiger partial charge in [0.15, 0.2) is 0 Å². The molecule has 0 spiro atoms. The van der Waals surface area contributed by atoms with Crippen molar-refractivity contribution in [2.45, 2.75) is 101 Å². The molecule has 0 saturated heterocycles. The maximum atomic E-state index is 10.4. The Balaban J connectivity index is 2.54. The molecule has 0 aliphatic carbocycles. The molecule has 1 atom stereocenters. The van der Waals surface area contributed by atoms with E-state index in [9.17, 15) is 5.11 Å². The highest BCUT2D eigenvalue weighted by Crippen LogP contribution is 2.43. The number of anilines is 1. The maximum absolute atomic E-state index is 10.4. The van der Waals surface area contributed by atoms with Gasteiger partial charge < -0.3 is 19.6 Å². The molecule has 0 aliphatic heterocycles. The lowest BCUT2D eigenvalue weighted by Crippen LogP contribution is -2.50. The second-order valence-electron chi connectivity index (χ2n) is 11.4. The number of nitrogens with zero attached hydrogens (tertiary/aromatic N) is 2. The van der Waals surface area contributed by atoms with Crippen molar-refractivity contribution in [3.05, 3.63) is 35.5 Å². The molecule has 36 heavy (non-hydrogen) atoms. The summed E-state index contributed by atoms with van der Waals surface area (Å²) in [4.78, 5) is 0. The number of alkyl halides is 3. The number of aromatic nitrogens is 2. The number of benzene rings is 1. The Kier molecular flexibility index (Phi) is 10.3. The van der Waals surface area contributed by atoms with Crippen LogP contribution in [-0.4, -0.2) is 40.0 Å². The summed E-state index contributed by atoms with van der Waals surface area (Å²) in [5, 5.41) is 18.2. The van der Waals surface area contributed by atoms with Crippen LogP contribution in [-0.2, 0) is 10.2 Å². The van der Waals surface area contributed by atoms with Crippen LogP contribution in [0.25, 0.3) is 5.69 Å². The summed E-state index contributed by atoms with van der Waals surface area (Å²) in [6, 6.07) is 8.02. The predicted octanol–water partition coefficient (Wildman–Crippen LogP) is 8.11. The molecule has 0 saturated carbocycles. The van der Waals surface area contributed by atoms with Crippen LogP contribution in [0, 0.1) is 6.92 Å². The van der Waals surface area contributed by atoms with Gasteiger partial charge in [-0.25, -0.2) is 4.68 Å². The van der Waals surface area contributed by atoms with Crippen molar-refractivity contribution in [3.8, 4) is 11.4 Å². The van der Waals surface area contributed by atoms with Gasteiger partial charge in [0.1, 0.15) is 11.6 Å². The highest BCUT2D eigenvalue weighted by atomic mass is 35.6. The molecule has 10 heteroatoms. The van der Waals surface area contributed by atoms with Crippen molar-refractivity contribution in [1.29, 1.82) is 0 Å². The van der Waals surface area contributed by atoms with Gasteiger partial charge in [-0.2, -0.15) is 5.10 Å². The molecule has 1 heterocycles. The average Bonchev–Trinajstić information content (AvgIpc) is 3.13. The zero-order chi connectivity index (χ0) is 27.6. The average molecular weight is 579 g/mol. The molecular weight excluding hydrogens is 537 g/mol. The van der Waals surface area contributed by atoms with Gasteiger partial charge in [0.2, 0.25) is 10.2 Å². The number of nitrogens with one attached hydrogen (secondary N) is 1. The number of hydrogen-bond donors (Lipinski definition) is 2. The summed E-state index contributed by atoms with van der Waals surface area (Å²) in [5.74, 6) is 1.38. The van der Waals surface area contributed by atoms with Crippen LogP contribution >= 0.6 is 34.8 Å². The molecule has 1 unspecified atom stereocenters. The van der Waals surface area contributed by atoms with Crippen LogP contribution in [0.4, 0.5) is 5.82 Å². The summed E-state index contributed by atoms with van der Waals surface area (Å²) in [7, 11) is -2.15. The summed E-state index contributed by atoms with van der Waals surface area (Å²) < 4.78 is 12.4. The second kappa shape index (κ2) is 11.8. The van der Waals surface area contributed by atoms with E-state index in [1.165, 1.54) is 0 Å². The monoisotopic (exact) mass is 577 g/mol. The molecule has 0 radical (unpaired) electrons. The minimum absolute atomic E-state index is 0.219. The Bertz CT molecular complexity index is 992. The topological polar surface area (TPSA) is 68.5 Å². The van der Waals surface area contributed by atoms with Crippen molar-refractivity contribution >= 4 is 48.9 Å². The van der Waals surface area contributed by atoms with Gasteiger partial charge in [-0.05, 0) is 41.2 Å². The summed E-state index contributed by atoms with van der Waals surface area (Å²) in [6.07, 6.45) is -1.40. The fourth-order valence-corrected chi connectivity index (χ4v) is 10.3. The molecule has 1 aromatic heterocycles. The molecule has 1 aromatic carbocycles. The Morgan fingerprint density at radius 3 is 2.00 bits per heavy atom. The third kappa shape index (κ3) is 7.78. The first-order chi connectivity index (χ1) is 16.4. The van der Waals surface area contributed by atoms with Crippen molar-refractivity contribution < 1.29 is 14.3 Å². The Morgan fingerprint density at radius 2 is 1.53 bits per heavy atom. The quantitative estimate of drug-likeness (QED) is 0.169. The van der Waals surface area contributed by atoms with Gasteiger partial charge in [-0.1, -0.05) is 97.1 Å². The molecule has 204 valence electrons.